The van der Waals surface area contributed by atoms with E-state index in [0.717, 1.165) is 28.7 Å². The molecule has 41 heavy (non-hydrogen) atoms. The molecule has 1 aromatic heterocycles. The van der Waals surface area contributed by atoms with Crippen LogP contribution in [0.1, 0.15) is 75.0 Å². The van der Waals surface area contributed by atoms with Crippen molar-refractivity contribution in [1.29, 1.82) is 5.26 Å². The second kappa shape index (κ2) is 11.0. The summed E-state index contributed by atoms with van der Waals surface area (Å²) in [6.45, 7) is 2.48. The van der Waals surface area contributed by atoms with Crippen molar-refractivity contribution in [2.24, 2.45) is 11.5 Å². The van der Waals surface area contributed by atoms with Crippen LogP contribution >= 0.6 is 0 Å². The average Bonchev–Trinajstić information content (AvgIpc) is 3.60. The Morgan fingerprint density at radius 1 is 1.15 bits per heavy atom. The van der Waals surface area contributed by atoms with Gasteiger partial charge < -0.3 is 21.7 Å². The van der Waals surface area contributed by atoms with Crippen LogP contribution in [0.4, 0.5) is 0 Å². The van der Waals surface area contributed by atoms with Crippen LogP contribution in [-0.2, 0) is 23.1 Å². The van der Waals surface area contributed by atoms with E-state index in [1.165, 1.54) is 0 Å². The highest BCUT2D eigenvalue weighted by molar-refractivity contribution is 5.94. The first-order valence-electron chi connectivity index (χ1n) is 13.5. The molecule has 0 bridgehead atoms. The third-order valence-electron chi connectivity index (χ3n) is 8.14. The summed E-state index contributed by atoms with van der Waals surface area (Å²) in [6, 6.07) is 11.8. The molecule has 1 aliphatic carbocycles. The first-order chi connectivity index (χ1) is 19.6. The van der Waals surface area contributed by atoms with E-state index in [2.05, 4.69) is 21.5 Å². The fourth-order valence-electron chi connectivity index (χ4n) is 6.23. The zero-order chi connectivity index (χ0) is 29.3. The molecule has 1 unspecified atom stereocenters. The third kappa shape index (κ3) is 5.12. The van der Waals surface area contributed by atoms with E-state index in [1.54, 1.807) is 41.3 Å². The molecule has 12 nitrogen and oxygen atoms in total. The second-order valence-electron chi connectivity index (χ2n) is 10.7. The molecule has 1 fully saturated rings. The predicted octanol–water partition coefficient (Wildman–Crippen LogP) is 0.876. The van der Waals surface area contributed by atoms with Gasteiger partial charge in [0.05, 0.1) is 18.0 Å². The van der Waals surface area contributed by atoms with E-state index in [4.69, 9.17) is 16.0 Å². The number of aromatic amines is 1. The molecular weight excluding hydrogens is 526 g/mol. The first kappa shape index (κ1) is 27.8. The van der Waals surface area contributed by atoms with Crippen molar-refractivity contribution in [3.63, 3.8) is 0 Å². The fourth-order valence-corrected chi connectivity index (χ4v) is 6.23. The number of carbonyl (C=O) groups excluding carboxylic acids is 3. The Morgan fingerprint density at radius 2 is 1.76 bits per heavy atom. The van der Waals surface area contributed by atoms with Gasteiger partial charge in [-0.2, -0.15) is 5.26 Å². The first-order valence-corrected chi connectivity index (χ1v) is 13.5. The highest BCUT2D eigenvalue weighted by atomic mass is 16.5. The Morgan fingerprint density at radius 3 is 2.27 bits per heavy atom. The number of H-pyrrole nitrogens is 1. The summed E-state index contributed by atoms with van der Waals surface area (Å²) in [6.07, 6.45) is 2.79. The van der Waals surface area contributed by atoms with Gasteiger partial charge in [0, 0.05) is 23.7 Å². The predicted molar refractivity (Wildman–Crippen MR) is 147 cm³/mol. The van der Waals surface area contributed by atoms with Crippen molar-refractivity contribution in [1.82, 2.24) is 20.4 Å². The van der Waals surface area contributed by atoms with Crippen molar-refractivity contribution in [3.8, 4) is 6.07 Å². The van der Waals surface area contributed by atoms with Gasteiger partial charge in [-0.25, -0.2) is 4.79 Å². The lowest BCUT2D eigenvalue weighted by atomic mass is 9.67. The topological polar surface area (TPSA) is 201 Å². The smallest absolute Gasteiger partial charge is 0.366 e. The number of benzene rings is 2. The zero-order valence-electron chi connectivity index (χ0n) is 22.6. The van der Waals surface area contributed by atoms with Crippen molar-refractivity contribution in [3.05, 3.63) is 86.2 Å². The Labute approximate surface area is 235 Å². The minimum Gasteiger partial charge on any atom is -0.366 e. The number of primary amides is 2. The molecule has 0 spiro atoms. The van der Waals surface area contributed by atoms with Gasteiger partial charge in [0.25, 0.3) is 0 Å². The van der Waals surface area contributed by atoms with Crippen LogP contribution in [0.2, 0.25) is 0 Å². The number of aromatic nitrogens is 2. The Hall–Kier alpha value is -4.76. The van der Waals surface area contributed by atoms with Crippen molar-refractivity contribution < 1.29 is 18.9 Å². The van der Waals surface area contributed by atoms with Gasteiger partial charge in [0.15, 0.2) is 5.82 Å². The minimum atomic E-state index is -1.10. The number of fused-ring (bicyclic) bond motifs is 2. The lowest BCUT2D eigenvalue weighted by Crippen LogP contribution is -2.45. The van der Waals surface area contributed by atoms with Gasteiger partial charge in [-0.3, -0.25) is 23.9 Å². The SMILES string of the molecule is C[C@@H](CC1(c2noc(=O)[nH]2)c2ccc(C(N)=O)cc2CCc2cc(C(N)=O)ccc21)NCC(=O)N1CCCC1C#N. The van der Waals surface area contributed by atoms with Crippen molar-refractivity contribution >= 4 is 17.7 Å². The fraction of sp³-hybridized carbons (Fsp3) is 0.379. The van der Waals surface area contributed by atoms with Gasteiger partial charge in [-0.1, -0.05) is 17.3 Å². The third-order valence-corrected chi connectivity index (χ3v) is 8.14. The van der Waals surface area contributed by atoms with Gasteiger partial charge in [-0.05, 0) is 85.5 Å². The normalized spacial score (nSPS) is 18.0. The van der Waals surface area contributed by atoms with Gasteiger partial charge >= 0.3 is 5.76 Å². The highest BCUT2D eigenvalue weighted by Gasteiger charge is 2.45. The molecule has 6 N–H and O–H groups in total. The average molecular weight is 558 g/mol. The van der Waals surface area contributed by atoms with E-state index in [0.29, 0.717) is 43.4 Å². The Kier molecular flexibility index (Phi) is 7.47. The molecule has 2 aromatic carbocycles. The van der Waals surface area contributed by atoms with Crippen LogP contribution in [0.25, 0.3) is 0 Å². The number of nitrogens with two attached hydrogens (primary N) is 2. The number of aryl methyl sites for hydroxylation is 2. The van der Waals surface area contributed by atoms with Crippen molar-refractivity contribution in [2.75, 3.05) is 13.1 Å². The van der Waals surface area contributed by atoms with Crippen LogP contribution in [0, 0.1) is 11.3 Å². The lowest BCUT2D eigenvalue weighted by Gasteiger charge is -2.36. The molecule has 2 aliphatic rings. The monoisotopic (exact) mass is 557 g/mol. The number of amides is 3. The summed E-state index contributed by atoms with van der Waals surface area (Å²) in [7, 11) is 0. The molecule has 2 atom stereocenters. The number of nitrogens with one attached hydrogen (secondary N) is 2. The molecule has 2 heterocycles. The molecule has 12 heteroatoms. The van der Waals surface area contributed by atoms with E-state index < -0.39 is 29.0 Å². The summed E-state index contributed by atoms with van der Waals surface area (Å²) in [5.74, 6) is -1.80. The highest BCUT2D eigenvalue weighted by Crippen LogP contribution is 2.47. The molecule has 5 rings (SSSR count). The summed E-state index contributed by atoms with van der Waals surface area (Å²) >= 11 is 0. The van der Waals surface area contributed by atoms with E-state index in [1.807, 2.05) is 6.92 Å². The molecule has 3 amide bonds. The number of carbonyl (C=O) groups is 3. The van der Waals surface area contributed by atoms with Gasteiger partial charge in [-0.15, -0.1) is 0 Å². The van der Waals surface area contributed by atoms with Crippen LogP contribution < -0.4 is 22.5 Å². The summed E-state index contributed by atoms with van der Waals surface area (Å²) in [5, 5.41) is 16.8. The summed E-state index contributed by atoms with van der Waals surface area (Å²) < 4.78 is 4.99. The van der Waals surface area contributed by atoms with Crippen LogP contribution in [0.3, 0.4) is 0 Å². The Bertz CT molecular complexity index is 1550. The molecule has 0 radical (unpaired) electrons. The largest absolute Gasteiger partial charge is 0.438 e. The van der Waals surface area contributed by atoms with E-state index in [9.17, 15) is 24.4 Å². The molecular formula is C29H31N7O5. The van der Waals surface area contributed by atoms with Crippen LogP contribution in [0.5, 0.6) is 0 Å². The molecule has 0 saturated carbocycles. The quantitative estimate of drug-likeness (QED) is 0.312. The molecule has 212 valence electrons. The van der Waals surface area contributed by atoms with Crippen LogP contribution in [-0.4, -0.2) is 57.9 Å². The summed E-state index contributed by atoms with van der Waals surface area (Å²) in [4.78, 5) is 53.7. The zero-order valence-corrected chi connectivity index (χ0v) is 22.6. The maximum absolute atomic E-state index is 13.0. The second-order valence-corrected chi connectivity index (χ2v) is 10.7. The van der Waals surface area contributed by atoms with Crippen molar-refractivity contribution in [2.45, 2.75) is 56.5 Å². The minimum absolute atomic E-state index is 0.0195. The van der Waals surface area contributed by atoms with Gasteiger partial charge in [0.1, 0.15) is 6.04 Å². The number of hydrogen-bond acceptors (Lipinski definition) is 8. The Balaban J connectivity index is 1.61. The standard InChI is InChI=1S/C29H31N7O5/c1-16(33-15-24(37)36-10-2-3-21(36)14-30)13-29(27-34-28(40)41-35-27)22-8-6-19(25(31)38)11-17(22)4-5-18-12-20(26(32)39)7-9-23(18)29/h6-9,11-12,16,21,33H,2-5,10,13,15H2,1H3,(H2,31,38)(H2,32,39)(H,34,35,40)/t16-,21?/m0/s1. The number of rotatable bonds is 8. The number of hydrogen-bond donors (Lipinski definition) is 4. The number of nitriles is 1. The van der Waals surface area contributed by atoms with Gasteiger partial charge in [0.2, 0.25) is 17.7 Å². The van der Waals surface area contributed by atoms with Crippen LogP contribution in [0.15, 0.2) is 45.7 Å². The van der Waals surface area contributed by atoms with E-state index >= 15 is 0 Å². The van der Waals surface area contributed by atoms with E-state index in [-0.39, 0.29) is 24.3 Å². The summed E-state index contributed by atoms with van der Waals surface area (Å²) in [5.41, 5.74) is 14.0. The molecule has 3 aromatic rings. The lowest BCUT2D eigenvalue weighted by molar-refractivity contribution is -0.130. The maximum atomic E-state index is 13.0. The number of nitrogens with zero attached hydrogens (tertiary/aromatic N) is 3. The number of likely N-dealkylation sites (tertiary alicyclic amines) is 1. The maximum Gasteiger partial charge on any atom is 0.438 e. The molecule has 1 aliphatic heterocycles. The molecule has 1 saturated heterocycles.